The van der Waals surface area contributed by atoms with Crippen LogP contribution in [0.4, 0.5) is 0 Å². The molecular formula is C13H26N2. The first-order valence-corrected chi connectivity index (χ1v) is 6.49. The van der Waals surface area contributed by atoms with Gasteiger partial charge in [-0.25, -0.2) is 0 Å². The van der Waals surface area contributed by atoms with E-state index in [1.807, 2.05) is 0 Å². The predicted molar refractivity (Wildman–Crippen MR) is 65.1 cm³/mol. The fourth-order valence-corrected chi connectivity index (χ4v) is 2.77. The summed E-state index contributed by atoms with van der Waals surface area (Å²) in [6.45, 7) is 11.7. The standard InChI is InChI=1S/C13H26N2/c1-10(7-12-5-6-12)15-9-13(3,4)14-8-11(15)2/h10-12,14H,5-9H2,1-4H3. The molecule has 1 heterocycles. The normalized spacial score (nSPS) is 34.0. The van der Waals surface area contributed by atoms with Crippen molar-refractivity contribution >= 4 is 0 Å². The summed E-state index contributed by atoms with van der Waals surface area (Å²) in [7, 11) is 0. The van der Waals surface area contributed by atoms with Gasteiger partial charge in [-0.2, -0.15) is 0 Å². The molecule has 1 saturated heterocycles. The van der Waals surface area contributed by atoms with Gasteiger partial charge >= 0.3 is 0 Å². The Kier molecular flexibility index (Phi) is 3.09. The fourth-order valence-electron chi connectivity index (χ4n) is 2.77. The maximum Gasteiger partial charge on any atom is 0.0253 e. The van der Waals surface area contributed by atoms with E-state index in [2.05, 4.69) is 37.9 Å². The smallest absolute Gasteiger partial charge is 0.0253 e. The summed E-state index contributed by atoms with van der Waals surface area (Å²) in [6, 6.07) is 1.47. The third-order valence-corrected chi connectivity index (χ3v) is 3.96. The molecule has 0 radical (unpaired) electrons. The summed E-state index contributed by atoms with van der Waals surface area (Å²) in [6.07, 6.45) is 4.38. The molecule has 2 rings (SSSR count). The summed E-state index contributed by atoms with van der Waals surface area (Å²) in [5.41, 5.74) is 0.296. The molecule has 2 heteroatoms. The molecule has 0 spiro atoms. The van der Waals surface area contributed by atoms with Crippen LogP contribution in [-0.2, 0) is 0 Å². The van der Waals surface area contributed by atoms with Crippen molar-refractivity contribution in [1.29, 1.82) is 0 Å². The molecule has 2 aliphatic rings. The highest BCUT2D eigenvalue weighted by Gasteiger charge is 2.34. The number of rotatable bonds is 3. The average Bonchev–Trinajstić information content (AvgIpc) is 2.93. The molecule has 1 N–H and O–H groups in total. The van der Waals surface area contributed by atoms with Crippen molar-refractivity contribution in [3.8, 4) is 0 Å². The SMILES string of the molecule is CC1CNC(C)(C)CN1C(C)CC1CC1. The van der Waals surface area contributed by atoms with Gasteiger partial charge in [0.25, 0.3) is 0 Å². The molecule has 15 heavy (non-hydrogen) atoms. The highest BCUT2D eigenvalue weighted by molar-refractivity contribution is 4.93. The molecule has 0 aromatic heterocycles. The van der Waals surface area contributed by atoms with Gasteiger partial charge in [0, 0.05) is 30.7 Å². The van der Waals surface area contributed by atoms with E-state index in [1.165, 1.54) is 25.8 Å². The Hall–Kier alpha value is -0.0800. The van der Waals surface area contributed by atoms with Gasteiger partial charge < -0.3 is 5.32 Å². The predicted octanol–water partition coefficient (Wildman–Crippen LogP) is 2.25. The molecule has 2 atom stereocenters. The Balaban J connectivity index is 1.91. The van der Waals surface area contributed by atoms with Crippen LogP contribution >= 0.6 is 0 Å². The van der Waals surface area contributed by atoms with Crippen molar-refractivity contribution in [2.75, 3.05) is 13.1 Å². The number of nitrogens with one attached hydrogen (secondary N) is 1. The summed E-state index contributed by atoms with van der Waals surface area (Å²) in [5, 5.41) is 3.62. The van der Waals surface area contributed by atoms with Crippen LogP contribution < -0.4 is 5.32 Å². The van der Waals surface area contributed by atoms with Crippen LogP contribution in [0.15, 0.2) is 0 Å². The Morgan fingerprint density at radius 2 is 2.07 bits per heavy atom. The Labute approximate surface area is 94.4 Å². The molecule has 1 saturated carbocycles. The zero-order chi connectivity index (χ0) is 11.1. The lowest BCUT2D eigenvalue weighted by Crippen LogP contribution is -2.62. The number of nitrogens with zero attached hydrogens (tertiary/aromatic N) is 1. The van der Waals surface area contributed by atoms with Crippen molar-refractivity contribution in [1.82, 2.24) is 10.2 Å². The van der Waals surface area contributed by atoms with Gasteiger partial charge in [-0.05, 0) is 40.0 Å². The summed E-state index contributed by atoms with van der Waals surface area (Å²) in [5.74, 6) is 1.05. The molecular weight excluding hydrogens is 184 g/mol. The van der Waals surface area contributed by atoms with Gasteiger partial charge in [0.1, 0.15) is 0 Å². The van der Waals surface area contributed by atoms with Crippen molar-refractivity contribution < 1.29 is 0 Å². The molecule has 2 fully saturated rings. The first-order chi connectivity index (χ1) is 6.98. The third kappa shape index (κ3) is 2.94. The number of hydrogen-bond acceptors (Lipinski definition) is 2. The van der Waals surface area contributed by atoms with Crippen molar-refractivity contribution in [3.05, 3.63) is 0 Å². The zero-order valence-corrected chi connectivity index (χ0v) is 10.7. The summed E-state index contributed by atoms with van der Waals surface area (Å²) < 4.78 is 0. The average molecular weight is 210 g/mol. The van der Waals surface area contributed by atoms with Crippen LogP contribution in [0.25, 0.3) is 0 Å². The second-order valence-electron chi connectivity index (χ2n) is 6.31. The monoisotopic (exact) mass is 210 g/mol. The first kappa shape index (κ1) is 11.4. The van der Waals surface area contributed by atoms with Gasteiger partial charge in [0.15, 0.2) is 0 Å². The molecule has 0 aromatic rings. The van der Waals surface area contributed by atoms with Crippen LogP contribution in [0.1, 0.15) is 47.0 Å². The minimum absolute atomic E-state index is 0.296. The lowest BCUT2D eigenvalue weighted by molar-refractivity contribution is 0.0635. The molecule has 88 valence electrons. The Morgan fingerprint density at radius 1 is 1.40 bits per heavy atom. The quantitative estimate of drug-likeness (QED) is 0.768. The second-order valence-corrected chi connectivity index (χ2v) is 6.31. The molecule has 1 aliphatic heterocycles. The van der Waals surface area contributed by atoms with Crippen LogP contribution in [0.2, 0.25) is 0 Å². The molecule has 1 aliphatic carbocycles. The minimum Gasteiger partial charge on any atom is -0.309 e. The molecule has 2 nitrogen and oxygen atoms in total. The highest BCUT2D eigenvalue weighted by Crippen LogP contribution is 2.35. The van der Waals surface area contributed by atoms with Gasteiger partial charge in [-0.1, -0.05) is 12.8 Å². The largest absolute Gasteiger partial charge is 0.309 e. The number of piperazine rings is 1. The molecule has 0 bridgehead atoms. The second kappa shape index (κ2) is 4.06. The summed E-state index contributed by atoms with van der Waals surface area (Å²) >= 11 is 0. The van der Waals surface area contributed by atoms with Crippen molar-refractivity contribution in [3.63, 3.8) is 0 Å². The van der Waals surface area contributed by atoms with Crippen LogP contribution in [0.5, 0.6) is 0 Å². The maximum absolute atomic E-state index is 3.62. The lowest BCUT2D eigenvalue weighted by atomic mass is 9.96. The Morgan fingerprint density at radius 3 is 2.67 bits per heavy atom. The zero-order valence-electron chi connectivity index (χ0n) is 10.7. The van der Waals surface area contributed by atoms with E-state index in [0.29, 0.717) is 11.6 Å². The molecule has 0 amide bonds. The summed E-state index contributed by atoms with van der Waals surface area (Å²) in [4.78, 5) is 2.70. The van der Waals surface area contributed by atoms with E-state index in [4.69, 9.17) is 0 Å². The van der Waals surface area contributed by atoms with E-state index >= 15 is 0 Å². The first-order valence-electron chi connectivity index (χ1n) is 6.49. The third-order valence-electron chi connectivity index (χ3n) is 3.96. The van der Waals surface area contributed by atoms with E-state index < -0.39 is 0 Å². The van der Waals surface area contributed by atoms with E-state index in [-0.39, 0.29) is 0 Å². The van der Waals surface area contributed by atoms with Gasteiger partial charge in [0.2, 0.25) is 0 Å². The van der Waals surface area contributed by atoms with E-state index in [9.17, 15) is 0 Å². The maximum atomic E-state index is 3.62. The van der Waals surface area contributed by atoms with Crippen molar-refractivity contribution in [2.45, 2.75) is 64.6 Å². The van der Waals surface area contributed by atoms with Crippen LogP contribution in [0, 0.1) is 5.92 Å². The van der Waals surface area contributed by atoms with E-state index in [1.54, 1.807) is 0 Å². The van der Waals surface area contributed by atoms with Gasteiger partial charge in [-0.3, -0.25) is 4.90 Å². The van der Waals surface area contributed by atoms with Crippen LogP contribution in [-0.4, -0.2) is 35.6 Å². The van der Waals surface area contributed by atoms with Gasteiger partial charge in [0.05, 0.1) is 0 Å². The van der Waals surface area contributed by atoms with Gasteiger partial charge in [-0.15, -0.1) is 0 Å². The Bertz CT molecular complexity index is 221. The lowest BCUT2D eigenvalue weighted by Gasteiger charge is -2.46. The fraction of sp³-hybridized carbons (Fsp3) is 1.00. The van der Waals surface area contributed by atoms with Crippen molar-refractivity contribution in [2.24, 2.45) is 5.92 Å². The highest BCUT2D eigenvalue weighted by atomic mass is 15.3. The molecule has 2 unspecified atom stereocenters. The minimum atomic E-state index is 0.296. The molecule has 0 aromatic carbocycles. The topological polar surface area (TPSA) is 15.3 Å². The van der Waals surface area contributed by atoms with Crippen LogP contribution in [0.3, 0.4) is 0 Å². The number of hydrogen-bond donors (Lipinski definition) is 1. The van der Waals surface area contributed by atoms with E-state index in [0.717, 1.165) is 18.5 Å².